The molecule has 0 atom stereocenters. The van der Waals surface area contributed by atoms with Crippen molar-refractivity contribution < 1.29 is 23.2 Å². The van der Waals surface area contributed by atoms with Crippen molar-refractivity contribution in [3.63, 3.8) is 0 Å². The molecule has 6 nitrogen and oxygen atoms in total. The van der Waals surface area contributed by atoms with Crippen LogP contribution in [-0.4, -0.2) is 17.8 Å². The number of hydrogen-bond donors (Lipinski definition) is 1. The van der Waals surface area contributed by atoms with Crippen molar-refractivity contribution in [1.82, 2.24) is 5.32 Å². The number of hydrogen-bond acceptors (Lipinski definition) is 5. The average Bonchev–Trinajstić information content (AvgIpc) is 3.06. The van der Waals surface area contributed by atoms with E-state index in [2.05, 4.69) is 21.2 Å². The number of carbonyl (C=O) groups is 3. The number of urea groups is 1. The lowest BCUT2D eigenvalue weighted by atomic mass is 10.1. The number of barbiturate groups is 1. The molecule has 0 unspecified atom stereocenters. The topological polar surface area (TPSA) is 79.6 Å². The molecule has 1 aromatic heterocycles. The molecule has 0 saturated carbocycles. The predicted octanol–water partition coefficient (Wildman–Crippen LogP) is 5.65. The molecule has 1 aliphatic rings. The van der Waals surface area contributed by atoms with E-state index in [1.807, 2.05) is 12.1 Å². The van der Waals surface area contributed by atoms with Crippen LogP contribution < -0.4 is 10.2 Å². The Morgan fingerprint density at radius 3 is 2.55 bits per heavy atom. The van der Waals surface area contributed by atoms with Crippen molar-refractivity contribution in [3.8, 4) is 0 Å². The normalized spacial score (nSPS) is 15.5. The van der Waals surface area contributed by atoms with Crippen molar-refractivity contribution in [2.45, 2.75) is 9.99 Å². The molecular formula is C21H11BrClFN2O4S. The molecule has 4 amide bonds. The van der Waals surface area contributed by atoms with E-state index < -0.39 is 23.7 Å². The second kappa shape index (κ2) is 8.70. The van der Waals surface area contributed by atoms with Crippen molar-refractivity contribution in [3.05, 3.63) is 81.2 Å². The van der Waals surface area contributed by atoms with Crippen LogP contribution in [0.4, 0.5) is 14.9 Å². The summed E-state index contributed by atoms with van der Waals surface area (Å²) in [7, 11) is 0. The molecule has 10 heteroatoms. The Labute approximate surface area is 193 Å². The fraction of sp³-hybridized carbons (Fsp3) is 0. The van der Waals surface area contributed by atoms with E-state index in [0.717, 1.165) is 11.0 Å². The number of rotatable bonds is 4. The van der Waals surface area contributed by atoms with Gasteiger partial charge in [0, 0.05) is 9.92 Å². The third-order valence-corrected chi connectivity index (χ3v) is 6.25. The summed E-state index contributed by atoms with van der Waals surface area (Å²) in [5, 5.41) is 3.18. The molecule has 1 aliphatic heterocycles. The minimum absolute atomic E-state index is 0.000471. The highest BCUT2D eigenvalue weighted by molar-refractivity contribution is 9.10. The molecule has 1 N–H and O–H groups in total. The average molecular weight is 522 g/mol. The van der Waals surface area contributed by atoms with Gasteiger partial charge in [0.15, 0.2) is 5.09 Å². The van der Waals surface area contributed by atoms with E-state index in [9.17, 15) is 18.8 Å². The van der Waals surface area contributed by atoms with Gasteiger partial charge in [0.05, 0.1) is 10.2 Å². The minimum atomic E-state index is -0.961. The molecule has 1 saturated heterocycles. The molecular weight excluding hydrogens is 511 g/mol. The monoisotopic (exact) mass is 520 g/mol. The summed E-state index contributed by atoms with van der Waals surface area (Å²) in [5.41, 5.74) is -0.325. The van der Waals surface area contributed by atoms with E-state index in [-0.39, 0.29) is 17.0 Å². The second-order valence-electron chi connectivity index (χ2n) is 6.28. The van der Waals surface area contributed by atoms with Crippen molar-refractivity contribution >= 4 is 68.9 Å². The summed E-state index contributed by atoms with van der Waals surface area (Å²) in [5.74, 6) is -2.17. The number of halogens is 3. The molecule has 4 rings (SSSR count). The molecule has 2 aromatic carbocycles. The molecule has 2 heterocycles. The second-order valence-corrected chi connectivity index (χ2v) is 8.61. The number of imide groups is 2. The molecule has 3 aromatic rings. The van der Waals surface area contributed by atoms with Crippen LogP contribution in [-0.2, 0) is 9.59 Å². The minimum Gasteiger partial charge on any atom is -0.449 e. The first-order valence-electron chi connectivity index (χ1n) is 8.71. The van der Waals surface area contributed by atoms with Crippen molar-refractivity contribution in [2.24, 2.45) is 0 Å². The fourth-order valence-electron chi connectivity index (χ4n) is 2.77. The van der Waals surface area contributed by atoms with Gasteiger partial charge in [-0.05, 0) is 70.5 Å². The van der Waals surface area contributed by atoms with E-state index in [1.165, 1.54) is 36.0 Å². The maximum atomic E-state index is 13.6. The van der Waals surface area contributed by atoms with Crippen LogP contribution in [0.5, 0.6) is 0 Å². The number of nitrogens with zero attached hydrogens (tertiary/aromatic N) is 1. The first-order chi connectivity index (χ1) is 14.8. The van der Waals surface area contributed by atoms with Gasteiger partial charge >= 0.3 is 6.03 Å². The van der Waals surface area contributed by atoms with Crippen LogP contribution >= 0.6 is 39.3 Å². The molecule has 31 heavy (non-hydrogen) atoms. The fourth-order valence-corrected chi connectivity index (χ4v) is 4.22. The van der Waals surface area contributed by atoms with Gasteiger partial charge < -0.3 is 4.42 Å². The quantitative estimate of drug-likeness (QED) is 0.354. The van der Waals surface area contributed by atoms with Crippen LogP contribution in [0.25, 0.3) is 6.08 Å². The highest BCUT2D eigenvalue weighted by Gasteiger charge is 2.37. The zero-order valence-corrected chi connectivity index (χ0v) is 18.6. The van der Waals surface area contributed by atoms with Crippen LogP contribution in [0.3, 0.4) is 0 Å². The summed E-state index contributed by atoms with van der Waals surface area (Å²) >= 11 is 10.6. The first kappa shape index (κ1) is 21.4. The van der Waals surface area contributed by atoms with Gasteiger partial charge in [0.25, 0.3) is 11.8 Å². The molecule has 0 radical (unpaired) electrons. The summed E-state index contributed by atoms with van der Waals surface area (Å²) in [6.07, 6.45) is 1.23. The van der Waals surface area contributed by atoms with Gasteiger partial charge in [-0.15, -0.1) is 0 Å². The van der Waals surface area contributed by atoms with Crippen LogP contribution in [0.15, 0.2) is 79.0 Å². The highest BCUT2D eigenvalue weighted by Crippen LogP contribution is 2.37. The van der Waals surface area contributed by atoms with Gasteiger partial charge in [-0.25, -0.2) is 14.1 Å². The van der Waals surface area contributed by atoms with E-state index in [0.29, 0.717) is 19.5 Å². The summed E-state index contributed by atoms with van der Waals surface area (Å²) in [6.45, 7) is 0. The van der Waals surface area contributed by atoms with Crippen LogP contribution in [0, 0.1) is 5.82 Å². The molecule has 1 fully saturated rings. The number of anilines is 1. The van der Waals surface area contributed by atoms with Crippen molar-refractivity contribution in [2.75, 3.05) is 4.90 Å². The Bertz CT molecular complexity index is 1240. The van der Waals surface area contributed by atoms with Gasteiger partial charge in [-0.3, -0.25) is 14.9 Å². The van der Waals surface area contributed by atoms with Gasteiger partial charge in [0.2, 0.25) is 0 Å². The summed E-state index contributed by atoms with van der Waals surface area (Å²) in [4.78, 5) is 38.9. The smallest absolute Gasteiger partial charge is 0.335 e. The SMILES string of the molecule is O=C1NC(=O)N(c2cccc(F)c2)C(=O)/C1=C/c1cc(Br)c(Sc2ccc(Cl)cc2)o1. The Morgan fingerprint density at radius 1 is 1.10 bits per heavy atom. The molecule has 0 aliphatic carbocycles. The Kier molecular flexibility index (Phi) is 5.99. The molecule has 0 bridgehead atoms. The third-order valence-electron chi connectivity index (χ3n) is 4.15. The van der Waals surface area contributed by atoms with Crippen LogP contribution in [0.1, 0.15) is 5.76 Å². The lowest BCUT2D eigenvalue weighted by Gasteiger charge is -2.26. The predicted molar refractivity (Wildman–Crippen MR) is 117 cm³/mol. The highest BCUT2D eigenvalue weighted by atomic mass is 79.9. The number of carbonyl (C=O) groups excluding carboxylic acids is 3. The maximum absolute atomic E-state index is 13.6. The number of furan rings is 1. The molecule has 156 valence electrons. The Hall–Kier alpha value is -2.88. The van der Waals surface area contributed by atoms with Gasteiger partial charge in [-0.2, -0.15) is 0 Å². The summed E-state index contributed by atoms with van der Waals surface area (Å²) in [6, 6.07) is 12.7. The zero-order chi connectivity index (χ0) is 22.1. The van der Waals surface area contributed by atoms with E-state index >= 15 is 0 Å². The van der Waals surface area contributed by atoms with Crippen molar-refractivity contribution in [1.29, 1.82) is 0 Å². The van der Waals surface area contributed by atoms with Crippen LogP contribution in [0.2, 0.25) is 5.02 Å². The largest absolute Gasteiger partial charge is 0.449 e. The van der Waals surface area contributed by atoms with E-state index in [4.69, 9.17) is 16.0 Å². The van der Waals surface area contributed by atoms with Gasteiger partial charge in [-0.1, -0.05) is 29.4 Å². The standard InChI is InChI=1S/C21H11BrClFN2O4S/c22-17-10-14(30-20(17)31-15-6-4-11(23)5-7-15)9-16-18(27)25-21(29)26(19(16)28)13-3-1-2-12(24)8-13/h1-10H,(H,25,27,29)/b16-9+. The van der Waals surface area contributed by atoms with E-state index in [1.54, 1.807) is 18.2 Å². The summed E-state index contributed by atoms with van der Waals surface area (Å²) < 4.78 is 19.9. The lowest BCUT2D eigenvalue weighted by Crippen LogP contribution is -2.54. The zero-order valence-electron chi connectivity index (χ0n) is 15.4. The maximum Gasteiger partial charge on any atom is 0.335 e. The first-order valence-corrected chi connectivity index (χ1v) is 10.7. The van der Waals surface area contributed by atoms with Gasteiger partial charge in [0.1, 0.15) is 17.2 Å². The lowest BCUT2D eigenvalue weighted by molar-refractivity contribution is -0.122. The Balaban J connectivity index is 1.64. The number of benzene rings is 2. The molecule has 0 spiro atoms. The third kappa shape index (κ3) is 4.58. The number of amides is 4. The number of nitrogens with one attached hydrogen (secondary N) is 1. The Morgan fingerprint density at radius 2 is 1.84 bits per heavy atom.